The van der Waals surface area contributed by atoms with Gasteiger partial charge in [0.2, 0.25) is 5.91 Å². The summed E-state index contributed by atoms with van der Waals surface area (Å²) in [6, 6.07) is 7.84. The van der Waals surface area contributed by atoms with Crippen molar-refractivity contribution in [2.75, 3.05) is 18.5 Å². The van der Waals surface area contributed by atoms with Crippen molar-refractivity contribution in [2.24, 2.45) is 11.7 Å². The summed E-state index contributed by atoms with van der Waals surface area (Å²) in [6.07, 6.45) is 0. The molecule has 0 unspecified atom stereocenters. The van der Waals surface area contributed by atoms with Crippen LogP contribution in [0.15, 0.2) is 24.3 Å². The number of halogens is 2. The van der Waals surface area contributed by atoms with Crippen molar-refractivity contribution in [1.29, 1.82) is 0 Å². The van der Waals surface area contributed by atoms with Gasteiger partial charge in [0.25, 0.3) is 0 Å². The number of thiazole rings is 1. The summed E-state index contributed by atoms with van der Waals surface area (Å²) in [6.45, 7) is 6.86. The van der Waals surface area contributed by atoms with E-state index in [1.165, 1.54) is 11.3 Å². The van der Waals surface area contributed by atoms with E-state index in [1.807, 2.05) is 31.2 Å². The van der Waals surface area contributed by atoms with Gasteiger partial charge in [0.1, 0.15) is 5.75 Å². The van der Waals surface area contributed by atoms with E-state index in [4.69, 9.17) is 10.5 Å². The SMILES string of the molecule is Cc1sc(NC(=O)CN)nc1-c1ccc(OCC(C)C)cc1.Cl.Cl. The molecule has 2 aromatic rings. The van der Waals surface area contributed by atoms with Crippen LogP contribution in [0.25, 0.3) is 11.3 Å². The second kappa shape index (κ2) is 10.5. The molecule has 0 radical (unpaired) electrons. The highest BCUT2D eigenvalue weighted by molar-refractivity contribution is 7.16. The lowest BCUT2D eigenvalue weighted by Gasteiger charge is -2.08. The molecule has 134 valence electrons. The molecule has 1 aromatic carbocycles. The van der Waals surface area contributed by atoms with Crippen LogP contribution in [0.1, 0.15) is 18.7 Å². The summed E-state index contributed by atoms with van der Waals surface area (Å²) < 4.78 is 5.67. The van der Waals surface area contributed by atoms with E-state index in [0.717, 1.165) is 21.9 Å². The normalized spacial score (nSPS) is 9.88. The van der Waals surface area contributed by atoms with Crippen molar-refractivity contribution in [2.45, 2.75) is 20.8 Å². The summed E-state index contributed by atoms with van der Waals surface area (Å²) >= 11 is 1.44. The van der Waals surface area contributed by atoms with Gasteiger partial charge >= 0.3 is 0 Å². The molecule has 24 heavy (non-hydrogen) atoms. The number of hydrogen-bond donors (Lipinski definition) is 2. The average molecular weight is 392 g/mol. The number of carbonyl (C=O) groups is 1. The summed E-state index contributed by atoms with van der Waals surface area (Å²) in [4.78, 5) is 16.8. The summed E-state index contributed by atoms with van der Waals surface area (Å²) in [5.74, 6) is 1.11. The molecule has 0 bridgehead atoms. The number of nitrogens with one attached hydrogen (secondary N) is 1. The summed E-state index contributed by atoms with van der Waals surface area (Å²) in [5.41, 5.74) is 7.16. The van der Waals surface area contributed by atoms with Crippen LogP contribution >= 0.6 is 36.2 Å². The Hall–Kier alpha value is -1.34. The molecular weight excluding hydrogens is 369 g/mol. The highest BCUT2D eigenvalue weighted by atomic mass is 35.5. The zero-order valence-electron chi connectivity index (χ0n) is 13.9. The fourth-order valence-corrected chi connectivity index (χ4v) is 2.71. The van der Waals surface area contributed by atoms with Gasteiger partial charge in [-0.2, -0.15) is 0 Å². The molecule has 0 aliphatic heterocycles. The van der Waals surface area contributed by atoms with Crippen LogP contribution in [-0.4, -0.2) is 24.0 Å². The molecule has 1 amide bonds. The number of amides is 1. The molecule has 0 spiro atoms. The van der Waals surface area contributed by atoms with Gasteiger partial charge in [-0.15, -0.1) is 36.2 Å². The van der Waals surface area contributed by atoms with Gasteiger partial charge in [-0.3, -0.25) is 4.79 Å². The van der Waals surface area contributed by atoms with Gasteiger partial charge in [-0.05, 0) is 37.1 Å². The van der Waals surface area contributed by atoms with Crippen LogP contribution in [0.3, 0.4) is 0 Å². The van der Waals surface area contributed by atoms with Gasteiger partial charge < -0.3 is 15.8 Å². The number of ether oxygens (including phenoxy) is 1. The number of benzene rings is 1. The van der Waals surface area contributed by atoms with E-state index in [1.54, 1.807) is 0 Å². The third-order valence-corrected chi connectivity index (χ3v) is 3.83. The fraction of sp³-hybridized carbons (Fsp3) is 0.375. The minimum absolute atomic E-state index is 0. The number of nitrogens with zero attached hydrogens (tertiary/aromatic N) is 1. The molecule has 0 fully saturated rings. The minimum atomic E-state index is -0.238. The van der Waals surface area contributed by atoms with Crippen LogP contribution in [0.2, 0.25) is 0 Å². The summed E-state index contributed by atoms with van der Waals surface area (Å²) in [5, 5.41) is 3.26. The number of anilines is 1. The van der Waals surface area contributed by atoms with Gasteiger partial charge in [0.15, 0.2) is 5.13 Å². The molecular formula is C16H23Cl2N3O2S. The van der Waals surface area contributed by atoms with Gasteiger partial charge in [-0.25, -0.2) is 4.98 Å². The van der Waals surface area contributed by atoms with E-state index in [0.29, 0.717) is 17.7 Å². The lowest BCUT2D eigenvalue weighted by Crippen LogP contribution is -2.21. The van der Waals surface area contributed by atoms with Crippen molar-refractivity contribution < 1.29 is 9.53 Å². The van der Waals surface area contributed by atoms with Crippen molar-refractivity contribution >= 4 is 47.2 Å². The summed E-state index contributed by atoms with van der Waals surface area (Å²) in [7, 11) is 0. The molecule has 3 N–H and O–H groups in total. The molecule has 0 aliphatic rings. The van der Waals surface area contributed by atoms with Crippen molar-refractivity contribution in [3.8, 4) is 17.0 Å². The Kier molecular flexibility index (Phi) is 9.92. The average Bonchev–Trinajstić information content (AvgIpc) is 2.86. The number of carbonyl (C=O) groups excluding carboxylic acids is 1. The first kappa shape index (κ1) is 22.7. The van der Waals surface area contributed by atoms with Crippen molar-refractivity contribution in [3.05, 3.63) is 29.1 Å². The molecule has 1 aromatic heterocycles. The second-order valence-electron chi connectivity index (χ2n) is 5.41. The zero-order valence-corrected chi connectivity index (χ0v) is 16.3. The third kappa shape index (κ3) is 6.28. The topological polar surface area (TPSA) is 77.2 Å². The number of aryl methyl sites for hydroxylation is 1. The molecule has 0 saturated heterocycles. The number of rotatable bonds is 6. The molecule has 5 nitrogen and oxygen atoms in total. The Morgan fingerprint density at radius 2 is 1.92 bits per heavy atom. The van der Waals surface area contributed by atoms with Gasteiger partial charge in [-0.1, -0.05) is 13.8 Å². The van der Waals surface area contributed by atoms with Crippen LogP contribution in [0.5, 0.6) is 5.75 Å². The molecule has 2 rings (SSSR count). The lowest BCUT2D eigenvalue weighted by atomic mass is 10.1. The number of nitrogens with two attached hydrogens (primary N) is 1. The highest BCUT2D eigenvalue weighted by Crippen LogP contribution is 2.31. The Morgan fingerprint density at radius 1 is 1.29 bits per heavy atom. The first-order valence-electron chi connectivity index (χ1n) is 7.20. The molecule has 8 heteroatoms. The van der Waals surface area contributed by atoms with Crippen LogP contribution < -0.4 is 15.8 Å². The van der Waals surface area contributed by atoms with E-state index < -0.39 is 0 Å². The van der Waals surface area contributed by atoms with Gasteiger partial charge in [0, 0.05) is 10.4 Å². The Bertz CT molecular complexity index is 645. The molecule has 0 aliphatic carbocycles. The third-order valence-electron chi connectivity index (χ3n) is 2.94. The number of hydrogen-bond acceptors (Lipinski definition) is 5. The Morgan fingerprint density at radius 3 is 2.46 bits per heavy atom. The van der Waals surface area contributed by atoms with E-state index in [9.17, 15) is 4.79 Å². The quantitative estimate of drug-likeness (QED) is 0.782. The van der Waals surface area contributed by atoms with Crippen LogP contribution in [0, 0.1) is 12.8 Å². The van der Waals surface area contributed by atoms with Crippen LogP contribution in [0.4, 0.5) is 5.13 Å². The molecule has 0 atom stereocenters. The zero-order chi connectivity index (χ0) is 16.1. The van der Waals surface area contributed by atoms with E-state index >= 15 is 0 Å². The monoisotopic (exact) mass is 391 g/mol. The van der Waals surface area contributed by atoms with Crippen LogP contribution in [-0.2, 0) is 4.79 Å². The first-order chi connectivity index (χ1) is 10.5. The van der Waals surface area contributed by atoms with Gasteiger partial charge in [0.05, 0.1) is 18.8 Å². The maximum Gasteiger partial charge on any atom is 0.239 e. The fourth-order valence-electron chi connectivity index (χ4n) is 1.86. The van der Waals surface area contributed by atoms with Crippen molar-refractivity contribution in [3.63, 3.8) is 0 Å². The Balaban J connectivity index is 0.00000264. The number of aromatic nitrogens is 1. The van der Waals surface area contributed by atoms with E-state index in [2.05, 4.69) is 24.1 Å². The highest BCUT2D eigenvalue weighted by Gasteiger charge is 2.11. The largest absolute Gasteiger partial charge is 0.493 e. The lowest BCUT2D eigenvalue weighted by molar-refractivity contribution is -0.114. The maximum atomic E-state index is 11.3. The smallest absolute Gasteiger partial charge is 0.239 e. The molecule has 0 saturated carbocycles. The predicted octanol–water partition coefficient (Wildman–Crippen LogP) is 3.89. The van der Waals surface area contributed by atoms with Crippen molar-refractivity contribution in [1.82, 2.24) is 4.98 Å². The first-order valence-corrected chi connectivity index (χ1v) is 8.01. The Labute approximate surface area is 158 Å². The maximum absolute atomic E-state index is 11.3. The predicted molar refractivity (Wildman–Crippen MR) is 105 cm³/mol. The molecule has 1 heterocycles. The second-order valence-corrected chi connectivity index (χ2v) is 6.61. The standard InChI is InChI=1S/C16H21N3O2S.2ClH/c1-10(2)9-21-13-6-4-12(5-7-13)15-11(3)22-16(19-15)18-14(20)8-17;;/h4-7,10H,8-9,17H2,1-3H3,(H,18,19,20);2*1H. The van der Waals surface area contributed by atoms with E-state index in [-0.39, 0.29) is 37.3 Å². The minimum Gasteiger partial charge on any atom is -0.493 e.